The Hall–Kier alpha value is -3.99. The molecule has 5 heteroatoms. The fourth-order valence-electron chi connectivity index (χ4n) is 4.92. The van der Waals surface area contributed by atoms with Crippen LogP contribution in [0, 0.1) is 10.1 Å². The van der Waals surface area contributed by atoms with Crippen LogP contribution in [0.3, 0.4) is 0 Å². The van der Waals surface area contributed by atoms with Gasteiger partial charge in [0.25, 0.3) is 0 Å². The molecule has 1 unspecified atom stereocenters. The minimum Gasteiger partial charge on any atom is -0.401 e. The summed E-state index contributed by atoms with van der Waals surface area (Å²) in [6, 6.07) is 26.3. The van der Waals surface area contributed by atoms with Crippen molar-refractivity contribution in [2.45, 2.75) is 18.8 Å². The van der Waals surface area contributed by atoms with E-state index in [-0.39, 0.29) is 11.3 Å². The molecule has 0 bridgehead atoms. The molecular formula is C27H23N2O3+. The molecule has 158 valence electrons. The fourth-order valence-corrected chi connectivity index (χ4v) is 4.92. The maximum atomic E-state index is 11.0. The molecule has 0 saturated heterocycles. The van der Waals surface area contributed by atoms with E-state index in [4.69, 9.17) is 4.42 Å². The fraction of sp³-hybridized carbons (Fsp3) is 0.148. The van der Waals surface area contributed by atoms with E-state index in [9.17, 15) is 10.1 Å². The van der Waals surface area contributed by atoms with Crippen LogP contribution in [0.5, 0.6) is 0 Å². The van der Waals surface area contributed by atoms with Crippen molar-refractivity contribution in [2.24, 2.45) is 0 Å². The molecule has 3 aromatic carbocycles. The molecule has 32 heavy (non-hydrogen) atoms. The number of hydrogen-bond acceptors (Lipinski definition) is 3. The minimum atomic E-state index is -0.520. The minimum absolute atomic E-state index is 0.254. The van der Waals surface area contributed by atoms with Gasteiger partial charge in [0.05, 0.1) is 11.5 Å². The Labute approximate surface area is 186 Å². The molecule has 0 saturated carbocycles. The van der Waals surface area contributed by atoms with Crippen molar-refractivity contribution < 1.29 is 13.9 Å². The van der Waals surface area contributed by atoms with Gasteiger partial charge in [0.2, 0.25) is 5.69 Å². The molecule has 0 radical (unpaired) electrons. The summed E-state index contributed by atoms with van der Waals surface area (Å²) in [5, 5.41) is 13.4. The van der Waals surface area contributed by atoms with Gasteiger partial charge in [-0.1, -0.05) is 54.6 Å². The monoisotopic (exact) mass is 423 g/mol. The molecule has 0 N–H and O–H groups in total. The van der Waals surface area contributed by atoms with E-state index in [1.807, 2.05) is 18.2 Å². The predicted octanol–water partition coefficient (Wildman–Crippen LogP) is 6.28. The summed E-state index contributed by atoms with van der Waals surface area (Å²) in [5.74, 6) is 0.205. The number of rotatable bonds is 5. The second-order valence-electron chi connectivity index (χ2n) is 8.39. The van der Waals surface area contributed by atoms with Crippen molar-refractivity contribution in [2.75, 3.05) is 7.05 Å². The highest BCUT2D eigenvalue weighted by molar-refractivity contribution is 6.09. The van der Waals surface area contributed by atoms with Crippen molar-refractivity contribution in [1.82, 2.24) is 0 Å². The van der Waals surface area contributed by atoms with Crippen LogP contribution in [-0.2, 0) is 11.8 Å². The third-order valence-electron chi connectivity index (χ3n) is 6.35. The molecule has 0 aliphatic carbocycles. The molecule has 0 spiro atoms. The maximum Gasteiger partial charge on any atom is 0.433 e. The summed E-state index contributed by atoms with van der Waals surface area (Å²) in [6.07, 6.45) is 4.67. The predicted molar refractivity (Wildman–Crippen MR) is 127 cm³/mol. The normalized spacial score (nSPS) is 17.9. The highest BCUT2D eigenvalue weighted by atomic mass is 16.6. The first kappa shape index (κ1) is 19.9. The Morgan fingerprint density at radius 2 is 1.72 bits per heavy atom. The van der Waals surface area contributed by atoms with E-state index in [2.05, 4.69) is 79.2 Å². The Kier molecular flexibility index (Phi) is 4.74. The number of furan rings is 1. The van der Waals surface area contributed by atoms with Gasteiger partial charge in [-0.25, -0.2) is 0 Å². The van der Waals surface area contributed by atoms with E-state index < -0.39 is 4.92 Å². The molecule has 2 heterocycles. The molecule has 1 aliphatic rings. The zero-order valence-corrected chi connectivity index (χ0v) is 18.0. The molecule has 1 aliphatic heterocycles. The summed E-state index contributed by atoms with van der Waals surface area (Å²) in [4.78, 5) is 10.5. The van der Waals surface area contributed by atoms with Crippen LogP contribution in [0.1, 0.15) is 23.8 Å². The number of fused-ring (bicyclic) bond motifs is 3. The van der Waals surface area contributed by atoms with Crippen LogP contribution in [0.4, 0.5) is 11.6 Å². The van der Waals surface area contributed by atoms with Crippen LogP contribution >= 0.6 is 0 Å². The van der Waals surface area contributed by atoms with E-state index in [0.717, 1.165) is 12.1 Å². The lowest BCUT2D eigenvalue weighted by atomic mass is 9.73. The van der Waals surface area contributed by atoms with Crippen molar-refractivity contribution in [3.05, 3.63) is 112 Å². The average Bonchev–Trinajstić information content (AvgIpc) is 3.35. The van der Waals surface area contributed by atoms with E-state index in [1.54, 1.807) is 6.07 Å². The molecule has 5 rings (SSSR count). The topological polar surface area (TPSA) is 59.3 Å². The lowest BCUT2D eigenvalue weighted by Gasteiger charge is -2.24. The Bertz CT molecular complexity index is 1400. The SMILES string of the molecule is C[N+]1=C(/C=C/c2ccc([N+](=O)[O-])o2)C(C)(Cc2ccccc2)c2c1ccc1ccccc21. The number of nitrogens with zero attached hydrogens (tertiary/aromatic N) is 2. The molecular weight excluding hydrogens is 400 g/mol. The smallest absolute Gasteiger partial charge is 0.401 e. The van der Waals surface area contributed by atoms with Gasteiger partial charge in [0.15, 0.2) is 5.71 Å². The van der Waals surface area contributed by atoms with Gasteiger partial charge in [0, 0.05) is 17.7 Å². The van der Waals surface area contributed by atoms with Crippen molar-refractivity contribution in [1.29, 1.82) is 0 Å². The highest BCUT2D eigenvalue weighted by Gasteiger charge is 2.47. The quantitative estimate of drug-likeness (QED) is 0.215. The first-order valence-corrected chi connectivity index (χ1v) is 10.6. The Morgan fingerprint density at radius 3 is 2.47 bits per heavy atom. The first-order chi connectivity index (χ1) is 15.5. The largest absolute Gasteiger partial charge is 0.433 e. The van der Waals surface area contributed by atoms with Gasteiger partial charge in [0.1, 0.15) is 17.7 Å². The van der Waals surface area contributed by atoms with Gasteiger partial charge < -0.3 is 4.42 Å². The third-order valence-corrected chi connectivity index (χ3v) is 6.35. The summed E-state index contributed by atoms with van der Waals surface area (Å²) >= 11 is 0. The molecule has 1 atom stereocenters. The zero-order valence-electron chi connectivity index (χ0n) is 18.0. The lowest BCUT2D eigenvalue weighted by Crippen LogP contribution is -2.33. The second kappa shape index (κ2) is 7.61. The molecule has 0 fully saturated rings. The highest BCUT2D eigenvalue weighted by Crippen LogP contribution is 2.45. The second-order valence-corrected chi connectivity index (χ2v) is 8.39. The standard InChI is InChI=1S/C27H23N2O3/c1-27(18-19-8-4-3-5-9-19)24(16-13-21-14-17-25(32-21)29(30)31)28(2)23-15-12-20-10-6-7-11-22(20)26(23)27/h3-17H,18H2,1-2H3/q+1/b16-13+. The number of allylic oxidation sites excluding steroid dienone is 1. The van der Waals surface area contributed by atoms with Gasteiger partial charge in [-0.15, -0.1) is 0 Å². The van der Waals surface area contributed by atoms with Gasteiger partial charge >= 0.3 is 5.88 Å². The Balaban J connectivity index is 1.66. The third kappa shape index (κ3) is 3.23. The van der Waals surface area contributed by atoms with Crippen LogP contribution in [0.25, 0.3) is 16.8 Å². The number of nitro groups is 1. The summed E-state index contributed by atoms with van der Waals surface area (Å²) in [5.41, 5.74) is 4.55. The van der Waals surface area contributed by atoms with Gasteiger partial charge in [-0.2, -0.15) is 4.58 Å². The summed E-state index contributed by atoms with van der Waals surface area (Å²) < 4.78 is 7.58. The van der Waals surface area contributed by atoms with Gasteiger partial charge in [-0.3, -0.25) is 10.1 Å². The number of hydrogen-bond donors (Lipinski definition) is 0. The van der Waals surface area contributed by atoms with Crippen LogP contribution in [0.15, 0.2) is 89.4 Å². The van der Waals surface area contributed by atoms with E-state index in [0.29, 0.717) is 5.76 Å². The van der Waals surface area contributed by atoms with E-state index >= 15 is 0 Å². The molecule has 4 aromatic rings. The lowest BCUT2D eigenvalue weighted by molar-refractivity contribution is -0.402. The molecule has 0 amide bonds. The average molecular weight is 423 g/mol. The van der Waals surface area contributed by atoms with Crippen LogP contribution < -0.4 is 0 Å². The van der Waals surface area contributed by atoms with E-state index in [1.165, 1.54) is 33.7 Å². The maximum absolute atomic E-state index is 11.0. The summed E-state index contributed by atoms with van der Waals surface area (Å²) in [6.45, 7) is 2.28. The van der Waals surface area contributed by atoms with Gasteiger partial charge in [-0.05, 0) is 47.9 Å². The Morgan fingerprint density at radius 1 is 0.969 bits per heavy atom. The van der Waals surface area contributed by atoms with Crippen molar-refractivity contribution in [3.8, 4) is 0 Å². The van der Waals surface area contributed by atoms with Crippen LogP contribution in [-0.4, -0.2) is 22.3 Å². The molecule has 5 nitrogen and oxygen atoms in total. The van der Waals surface area contributed by atoms with Crippen molar-refractivity contribution in [3.63, 3.8) is 0 Å². The van der Waals surface area contributed by atoms with Crippen LogP contribution in [0.2, 0.25) is 0 Å². The summed E-state index contributed by atoms with van der Waals surface area (Å²) in [7, 11) is 2.08. The molecule has 1 aromatic heterocycles. The van der Waals surface area contributed by atoms with Crippen molar-refractivity contribution >= 4 is 34.1 Å². The zero-order chi connectivity index (χ0) is 22.3. The number of benzene rings is 3. The first-order valence-electron chi connectivity index (χ1n) is 10.6.